The van der Waals surface area contributed by atoms with Gasteiger partial charge in [0.05, 0.1) is 6.10 Å². The maximum Gasteiger partial charge on any atom is 0.341 e. The highest BCUT2D eigenvalue weighted by Gasteiger charge is 2.07. The van der Waals surface area contributed by atoms with Crippen molar-refractivity contribution in [3.63, 3.8) is 0 Å². The van der Waals surface area contributed by atoms with Gasteiger partial charge in [-0.25, -0.2) is 4.79 Å². The lowest BCUT2D eigenvalue weighted by molar-refractivity contribution is -0.139. The zero-order chi connectivity index (χ0) is 18.1. The van der Waals surface area contributed by atoms with Gasteiger partial charge in [-0.2, -0.15) is 0 Å². The number of hydrogen-bond donors (Lipinski definition) is 3. The van der Waals surface area contributed by atoms with E-state index in [1.165, 1.54) is 0 Å². The number of rotatable bonds is 9. The van der Waals surface area contributed by atoms with E-state index in [2.05, 4.69) is 5.32 Å². The predicted octanol–water partition coefficient (Wildman–Crippen LogP) is 2.87. The highest BCUT2D eigenvalue weighted by atomic mass is 16.5. The van der Waals surface area contributed by atoms with Crippen LogP contribution in [0.2, 0.25) is 0 Å². The van der Waals surface area contributed by atoms with Crippen LogP contribution in [0.3, 0.4) is 0 Å². The molecule has 3 N–H and O–H groups in total. The van der Waals surface area contributed by atoms with Crippen LogP contribution in [-0.2, 0) is 4.79 Å². The molecule has 0 aliphatic rings. The van der Waals surface area contributed by atoms with Crippen LogP contribution in [0.5, 0.6) is 5.75 Å². The Hall–Kier alpha value is -2.63. The Morgan fingerprint density at radius 1 is 1.16 bits per heavy atom. The minimum atomic E-state index is -0.999. The molecule has 0 aliphatic carbocycles. The summed E-state index contributed by atoms with van der Waals surface area (Å²) in [6.07, 6.45) is 3.43. The van der Waals surface area contributed by atoms with Crippen molar-refractivity contribution in [3.05, 3.63) is 71.8 Å². The van der Waals surface area contributed by atoms with E-state index in [0.717, 1.165) is 11.1 Å². The van der Waals surface area contributed by atoms with Gasteiger partial charge in [-0.3, -0.25) is 0 Å². The fraction of sp³-hybridized carbons (Fsp3) is 0.250. The smallest absolute Gasteiger partial charge is 0.341 e. The quantitative estimate of drug-likeness (QED) is 0.654. The molecule has 5 nitrogen and oxygen atoms in total. The summed E-state index contributed by atoms with van der Waals surface area (Å²) < 4.78 is 5.09. The first-order valence-corrected chi connectivity index (χ1v) is 8.14. The number of aliphatic hydroxyl groups is 1. The zero-order valence-corrected chi connectivity index (χ0v) is 14.1. The van der Waals surface area contributed by atoms with Gasteiger partial charge in [0.25, 0.3) is 0 Å². The lowest BCUT2D eigenvalue weighted by Crippen LogP contribution is -2.28. The summed E-state index contributed by atoms with van der Waals surface area (Å²) in [5.74, 6) is -0.474. The standard InChI is InChI=1S/C20H23NO4/c1-15(21-13-19(22)17-5-3-2-4-6-17)7-8-16-9-11-18(12-10-16)25-14-20(23)24/h2-12,15,19,21-22H,13-14H2,1H3,(H,23,24)/b8-7+/t15-,19+/m1/s1. The second kappa shape index (κ2) is 9.61. The summed E-state index contributed by atoms with van der Waals surface area (Å²) in [5.41, 5.74) is 1.88. The molecule has 2 rings (SSSR count). The summed E-state index contributed by atoms with van der Waals surface area (Å²) in [7, 11) is 0. The fourth-order valence-corrected chi connectivity index (χ4v) is 2.23. The van der Waals surface area contributed by atoms with Crippen molar-refractivity contribution in [2.45, 2.75) is 19.1 Å². The molecular formula is C20H23NO4. The Labute approximate surface area is 147 Å². The molecule has 0 bridgehead atoms. The Balaban J connectivity index is 1.79. The van der Waals surface area contributed by atoms with Crippen molar-refractivity contribution in [2.24, 2.45) is 0 Å². The van der Waals surface area contributed by atoms with E-state index in [9.17, 15) is 9.90 Å². The summed E-state index contributed by atoms with van der Waals surface area (Å²) in [5, 5.41) is 22.0. The Bertz CT molecular complexity index is 683. The van der Waals surface area contributed by atoms with Crippen LogP contribution in [-0.4, -0.2) is 35.4 Å². The molecule has 0 spiro atoms. The number of ether oxygens (including phenoxy) is 1. The highest BCUT2D eigenvalue weighted by molar-refractivity contribution is 5.68. The van der Waals surface area contributed by atoms with Gasteiger partial charge in [0.2, 0.25) is 0 Å². The summed E-state index contributed by atoms with van der Waals surface area (Å²) in [6.45, 7) is 2.13. The van der Waals surface area contributed by atoms with Gasteiger partial charge in [-0.05, 0) is 30.2 Å². The maximum absolute atomic E-state index is 10.5. The number of aliphatic hydroxyl groups excluding tert-OH is 1. The third-order valence-corrected chi connectivity index (χ3v) is 3.64. The molecule has 2 atom stereocenters. The van der Waals surface area contributed by atoms with E-state index in [1.54, 1.807) is 12.1 Å². The van der Waals surface area contributed by atoms with Crippen LogP contribution in [0, 0.1) is 0 Å². The van der Waals surface area contributed by atoms with Gasteiger partial charge in [0.1, 0.15) is 5.75 Å². The number of carbonyl (C=O) groups is 1. The fourth-order valence-electron chi connectivity index (χ4n) is 2.23. The summed E-state index contributed by atoms with van der Waals surface area (Å²) >= 11 is 0. The molecule has 0 amide bonds. The van der Waals surface area contributed by atoms with Crippen LogP contribution < -0.4 is 10.1 Å². The number of benzene rings is 2. The molecule has 2 aromatic carbocycles. The van der Waals surface area contributed by atoms with Gasteiger partial charge in [-0.15, -0.1) is 0 Å². The molecular weight excluding hydrogens is 318 g/mol. The topological polar surface area (TPSA) is 78.8 Å². The first-order chi connectivity index (χ1) is 12.0. The Kier molecular flexibility index (Phi) is 7.19. The van der Waals surface area contributed by atoms with Gasteiger partial charge < -0.3 is 20.3 Å². The molecule has 0 radical (unpaired) electrons. The van der Waals surface area contributed by atoms with Crippen molar-refractivity contribution in [1.29, 1.82) is 0 Å². The number of carboxylic acid groups (broad SMARTS) is 1. The molecule has 0 unspecified atom stereocenters. The van der Waals surface area contributed by atoms with Crippen molar-refractivity contribution in [1.82, 2.24) is 5.32 Å². The molecule has 5 heteroatoms. The van der Waals surface area contributed by atoms with E-state index in [1.807, 2.05) is 61.5 Å². The molecule has 0 heterocycles. The molecule has 0 aliphatic heterocycles. The third kappa shape index (κ3) is 6.79. The van der Waals surface area contributed by atoms with Gasteiger partial charge in [0.15, 0.2) is 6.61 Å². The molecule has 0 aromatic heterocycles. The second-order valence-corrected chi connectivity index (χ2v) is 5.73. The van der Waals surface area contributed by atoms with Gasteiger partial charge in [0, 0.05) is 12.6 Å². The van der Waals surface area contributed by atoms with Crippen molar-refractivity contribution in [2.75, 3.05) is 13.2 Å². The van der Waals surface area contributed by atoms with Crippen LogP contribution in [0.1, 0.15) is 24.2 Å². The average molecular weight is 341 g/mol. The average Bonchev–Trinajstić information content (AvgIpc) is 2.64. The van der Waals surface area contributed by atoms with Crippen molar-refractivity contribution >= 4 is 12.0 Å². The molecule has 0 fully saturated rings. The summed E-state index contributed by atoms with van der Waals surface area (Å²) in [4.78, 5) is 10.5. The monoisotopic (exact) mass is 341 g/mol. The molecule has 0 saturated carbocycles. The minimum Gasteiger partial charge on any atom is -0.482 e. The van der Waals surface area contributed by atoms with Crippen LogP contribution in [0.15, 0.2) is 60.7 Å². The van der Waals surface area contributed by atoms with Crippen molar-refractivity contribution < 1.29 is 19.7 Å². The lowest BCUT2D eigenvalue weighted by Gasteiger charge is -2.15. The largest absolute Gasteiger partial charge is 0.482 e. The number of aliphatic carboxylic acids is 1. The molecule has 25 heavy (non-hydrogen) atoms. The zero-order valence-electron chi connectivity index (χ0n) is 14.1. The SMILES string of the molecule is C[C@H](/C=C/c1ccc(OCC(=O)O)cc1)NC[C@H](O)c1ccccc1. The number of hydrogen-bond acceptors (Lipinski definition) is 4. The lowest BCUT2D eigenvalue weighted by atomic mass is 10.1. The predicted molar refractivity (Wildman–Crippen MR) is 97.5 cm³/mol. The second-order valence-electron chi connectivity index (χ2n) is 5.73. The normalized spacial score (nSPS) is 13.5. The van der Waals surface area contributed by atoms with E-state index in [4.69, 9.17) is 9.84 Å². The van der Waals surface area contributed by atoms with Crippen molar-refractivity contribution in [3.8, 4) is 5.75 Å². The van der Waals surface area contributed by atoms with Crippen LogP contribution >= 0.6 is 0 Å². The van der Waals surface area contributed by atoms with E-state index in [0.29, 0.717) is 12.3 Å². The number of nitrogens with one attached hydrogen (secondary N) is 1. The first kappa shape index (κ1) is 18.7. The van der Waals surface area contributed by atoms with Gasteiger partial charge in [-0.1, -0.05) is 54.6 Å². The molecule has 0 saturated heterocycles. The van der Waals surface area contributed by atoms with Crippen LogP contribution in [0.25, 0.3) is 6.08 Å². The third-order valence-electron chi connectivity index (χ3n) is 3.64. The van der Waals surface area contributed by atoms with E-state index < -0.39 is 12.1 Å². The Morgan fingerprint density at radius 2 is 1.84 bits per heavy atom. The van der Waals surface area contributed by atoms with Crippen LogP contribution in [0.4, 0.5) is 0 Å². The molecule has 2 aromatic rings. The molecule has 132 valence electrons. The Morgan fingerprint density at radius 3 is 2.48 bits per heavy atom. The van der Waals surface area contributed by atoms with Gasteiger partial charge >= 0.3 is 5.97 Å². The first-order valence-electron chi connectivity index (χ1n) is 8.14. The maximum atomic E-state index is 10.5. The minimum absolute atomic E-state index is 0.0984. The van der Waals surface area contributed by atoms with E-state index >= 15 is 0 Å². The highest BCUT2D eigenvalue weighted by Crippen LogP contribution is 2.14. The summed E-state index contributed by atoms with van der Waals surface area (Å²) in [6, 6.07) is 16.8. The number of carboxylic acids is 1. The van der Waals surface area contributed by atoms with E-state index in [-0.39, 0.29) is 12.6 Å².